The summed E-state index contributed by atoms with van der Waals surface area (Å²) in [6.07, 6.45) is 0. The molecule has 0 aromatic carbocycles. The molecule has 1 rings (SSSR count). The van der Waals surface area contributed by atoms with E-state index >= 15 is 0 Å². The van der Waals surface area contributed by atoms with Crippen LogP contribution in [0.3, 0.4) is 0 Å². The second-order valence-electron chi connectivity index (χ2n) is 1.24. The van der Waals surface area contributed by atoms with E-state index in [-0.39, 0.29) is 6.58 Å². The molecule has 1 aliphatic rings. The van der Waals surface area contributed by atoms with Crippen molar-refractivity contribution >= 4 is 0 Å². The zero-order valence-corrected chi connectivity index (χ0v) is 3.61. The van der Waals surface area contributed by atoms with Gasteiger partial charge in [-0.3, -0.25) is 0 Å². The van der Waals surface area contributed by atoms with Crippen LogP contribution in [0.1, 0.15) is 1.37 Å². The predicted molar refractivity (Wildman–Crippen MR) is 23.7 cm³/mol. The van der Waals surface area contributed by atoms with Crippen molar-refractivity contribution in [3.63, 3.8) is 0 Å². The quantitative estimate of drug-likeness (QED) is 0.435. The first kappa shape index (κ1) is 2.99. The van der Waals surface area contributed by atoms with E-state index in [0.29, 0.717) is 13.2 Å². The molecule has 1 atom stereocenters. The number of nitrogens with one attached hydrogen (secondary N) is 1. The second-order valence-corrected chi connectivity index (χ2v) is 1.24. The Morgan fingerprint density at radius 1 is 1.67 bits per heavy atom. The van der Waals surface area contributed by atoms with Crippen LogP contribution in [0.4, 0.5) is 0 Å². The fraction of sp³-hybridized carbons (Fsp3) is 1.00. The standard InChI is InChI=1S/C4H9NO/c1-3-6-4-2-5-1/h5H,1-4H2/i3D/t3-/m1/s1. The van der Waals surface area contributed by atoms with Crippen molar-refractivity contribution in [1.82, 2.24) is 5.32 Å². The van der Waals surface area contributed by atoms with Crippen LogP contribution < -0.4 is 5.32 Å². The Morgan fingerprint density at radius 3 is 3.00 bits per heavy atom. The molecule has 0 aliphatic carbocycles. The molecule has 1 aliphatic heterocycles. The Morgan fingerprint density at radius 2 is 2.67 bits per heavy atom. The maximum atomic E-state index is 6.99. The van der Waals surface area contributed by atoms with E-state index < -0.39 is 0 Å². The van der Waals surface area contributed by atoms with Gasteiger partial charge in [0, 0.05) is 13.1 Å². The molecule has 2 nitrogen and oxygen atoms in total. The summed E-state index contributed by atoms with van der Waals surface area (Å²) in [6, 6.07) is 0. The lowest BCUT2D eigenvalue weighted by atomic mass is 10.5. The van der Waals surface area contributed by atoms with E-state index in [4.69, 9.17) is 6.11 Å². The van der Waals surface area contributed by atoms with E-state index in [2.05, 4.69) is 5.32 Å². The highest BCUT2D eigenvalue weighted by Crippen LogP contribution is 1.76. The van der Waals surface area contributed by atoms with Gasteiger partial charge in [-0.2, -0.15) is 0 Å². The number of rotatable bonds is 0. The van der Waals surface area contributed by atoms with E-state index in [0.717, 1.165) is 6.54 Å². The van der Waals surface area contributed by atoms with Crippen LogP contribution in [0, 0.1) is 0 Å². The van der Waals surface area contributed by atoms with Gasteiger partial charge in [-0.15, -0.1) is 0 Å². The Bertz CT molecular complexity index is 53.7. The predicted octanol–water partition coefficient (Wildman–Crippen LogP) is -0.394. The molecule has 0 spiro atoms. The Balaban J connectivity index is 2.12. The highest BCUT2D eigenvalue weighted by Gasteiger charge is 1.92. The fourth-order valence-electron chi connectivity index (χ4n) is 0.434. The topological polar surface area (TPSA) is 21.3 Å². The Hall–Kier alpha value is -0.0800. The monoisotopic (exact) mass is 88.1 g/mol. The molecular weight excluding hydrogens is 78.0 g/mol. The number of hydrogen-bond donors (Lipinski definition) is 1. The van der Waals surface area contributed by atoms with E-state index in [1.165, 1.54) is 0 Å². The zero-order valence-electron chi connectivity index (χ0n) is 4.61. The van der Waals surface area contributed by atoms with Gasteiger partial charge in [0.1, 0.15) is 0 Å². The molecule has 6 heavy (non-hydrogen) atoms. The molecule has 0 bridgehead atoms. The number of hydrogen-bond acceptors (Lipinski definition) is 2. The molecule has 36 valence electrons. The molecule has 0 aromatic heterocycles. The Labute approximate surface area is 38.9 Å². The van der Waals surface area contributed by atoms with Gasteiger partial charge >= 0.3 is 0 Å². The summed E-state index contributed by atoms with van der Waals surface area (Å²) in [6.45, 7) is 1.94. The van der Waals surface area contributed by atoms with Crippen LogP contribution in [-0.4, -0.2) is 26.3 Å². The molecule has 0 aromatic rings. The van der Waals surface area contributed by atoms with Crippen molar-refractivity contribution in [2.24, 2.45) is 0 Å². The van der Waals surface area contributed by atoms with Crippen LogP contribution in [0.15, 0.2) is 0 Å². The molecule has 0 unspecified atom stereocenters. The van der Waals surface area contributed by atoms with Crippen molar-refractivity contribution in [1.29, 1.82) is 0 Å². The SMILES string of the molecule is [2H][C@@H]1CNCCO1. The molecule has 2 heteroatoms. The van der Waals surface area contributed by atoms with Gasteiger partial charge in [-0.1, -0.05) is 0 Å². The summed E-state index contributed by atoms with van der Waals surface area (Å²) in [5.74, 6) is 0. The van der Waals surface area contributed by atoms with E-state index in [1.807, 2.05) is 0 Å². The largest absolute Gasteiger partial charge is 0.379 e. The number of morpholine rings is 1. The fourth-order valence-corrected chi connectivity index (χ4v) is 0.434. The van der Waals surface area contributed by atoms with Crippen LogP contribution in [0.2, 0.25) is 0 Å². The van der Waals surface area contributed by atoms with Gasteiger partial charge < -0.3 is 10.1 Å². The van der Waals surface area contributed by atoms with Crippen molar-refractivity contribution in [3.8, 4) is 0 Å². The molecule has 0 amide bonds. The van der Waals surface area contributed by atoms with Crippen molar-refractivity contribution in [3.05, 3.63) is 0 Å². The highest BCUT2D eigenvalue weighted by molar-refractivity contribution is 4.49. The van der Waals surface area contributed by atoms with E-state index in [9.17, 15) is 0 Å². The van der Waals surface area contributed by atoms with Gasteiger partial charge in [0.15, 0.2) is 0 Å². The summed E-state index contributed by atoms with van der Waals surface area (Å²) in [4.78, 5) is 0. The smallest absolute Gasteiger partial charge is 0.0591 e. The molecule has 1 fully saturated rings. The molecule has 1 saturated heterocycles. The maximum absolute atomic E-state index is 6.99. The van der Waals surface area contributed by atoms with Crippen molar-refractivity contribution in [2.45, 2.75) is 0 Å². The molecule has 0 saturated carbocycles. The van der Waals surface area contributed by atoms with Crippen molar-refractivity contribution < 1.29 is 6.11 Å². The summed E-state index contributed by atoms with van der Waals surface area (Å²) >= 11 is 0. The first-order valence-electron chi connectivity index (χ1n) is 2.72. The first-order valence-corrected chi connectivity index (χ1v) is 2.14. The zero-order chi connectivity index (χ0) is 5.11. The summed E-state index contributed by atoms with van der Waals surface area (Å²) in [5, 5.41) is 3.02. The maximum Gasteiger partial charge on any atom is 0.0591 e. The first-order chi connectivity index (χ1) is 3.39. The molecule has 1 N–H and O–H groups in total. The lowest BCUT2D eigenvalue weighted by Crippen LogP contribution is -2.30. The lowest BCUT2D eigenvalue weighted by Gasteiger charge is -2.10. The summed E-state index contributed by atoms with van der Waals surface area (Å²) in [5.41, 5.74) is 0. The summed E-state index contributed by atoms with van der Waals surface area (Å²) < 4.78 is 11.9. The molecule has 0 radical (unpaired) electrons. The third kappa shape index (κ3) is 0.954. The number of ether oxygens (including phenoxy) is 1. The average molecular weight is 88.1 g/mol. The average Bonchev–Trinajstić information content (AvgIpc) is 1.69. The minimum absolute atomic E-state index is 0.325. The lowest BCUT2D eigenvalue weighted by molar-refractivity contribution is 0.109. The third-order valence-corrected chi connectivity index (χ3v) is 0.742. The normalized spacial score (nSPS) is 38.7. The minimum atomic E-state index is -0.325. The van der Waals surface area contributed by atoms with Gasteiger partial charge in [0.2, 0.25) is 0 Å². The van der Waals surface area contributed by atoms with Crippen LogP contribution in [0.5, 0.6) is 0 Å². The highest BCUT2D eigenvalue weighted by atomic mass is 16.5. The van der Waals surface area contributed by atoms with Crippen LogP contribution in [-0.2, 0) is 4.74 Å². The van der Waals surface area contributed by atoms with Crippen molar-refractivity contribution in [2.75, 3.05) is 26.3 Å². The molecule has 1 heterocycles. The minimum Gasteiger partial charge on any atom is -0.379 e. The Kier molecular flexibility index (Phi) is 1.08. The van der Waals surface area contributed by atoms with Gasteiger partial charge in [0.05, 0.1) is 14.6 Å². The van der Waals surface area contributed by atoms with Crippen LogP contribution >= 0.6 is 0 Å². The van der Waals surface area contributed by atoms with Gasteiger partial charge in [0.25, 0.3) is 0 Å². The van der Waals surface area contributed by atoms with Gasteiger partial charge in [-0.05, 0) is 0 Å². The third-order valence-electron chi connectivity index (χ3n) is 0.742. The second kappa shape index (κ2) is 2.16. The summed E-state index contributed by atoms with van der Waals surface area (Å²) in [7, 11) is 0. The van der Waals surface area contributed by atoms with Gasteiger partial charge in [-0.25, -0.2) is 0 Å². The van der Waals surface area contributed by atoms with E-state index in [1.54, 1.807) is 0 Å². The van der Waals surface area contributed by atoms with Crippen LogP contribution in [0.25, 0.3) is 0 Å². The molecular formula is C4H9NO.